The second-order valence-electron chi connectivity index (χ2n) is 5.32. The van der Waals surface area contributed by atoms with Gasteiger partial charge in [-0.2, -0.15) is 0 Å². The van der Waals surface area contributed by atoms with Crippen molar-refractivity contribution in [2.75, 3.05) is 24.5 Å². The molecule has 0 aromatic heterocycles. The number of hydrogen-bond donors (Lipinski definition) is 1. The number of halogens is 1. The fourth-order valence-electron chi connectivity index (χ4n) is 2.73. The molecule has 2 unspecified atom stereocenters. The van der Waals surface area contributed by atoms with Gasteiger partial charge < -0.3 is 10.2 Å². The highest BCUT2D eigenvalue weighted by Crippen LogP contribution is 2.33. The minimum Gasteiger partial charge on any atom is -0.371 e. The highest BCUT2D eigenvalue weighted by atomic mass is 79.9. The SMILES string of the molecule is CCNC(C)c1ccc(Br)cc1N1CCC(C)C1. The van der Waals surface area contributed by atoms with Crippen LogP contribution < -0.4 is 10.2 Å². The van der Waals surface area contributed by atoms with E-state index in [0.29, 0.717) is 6.04 Å². The summed E-state index contributed by atoms with van der Waals surface area (Å²) in [7, 11) is 0. The van der Waals surface area contributed by atoms with Crippen LogP contribution in [0.5, 0.6) is 0 Å². The van der Waals surface area contributed by atoms with E-state index in [2.05, 4.69) is 65.1 Å². The largest absolute Gasteiger partial charge is 0.371 e. The minimum atomic E-state index is 0.411. The fraction of sp³-hybridized carbons (Fsp3) is 0.600. The molecular formula is C15H23BrN2. The average molecular weight is 311 g/mol. The monoisotopic (exact) mass is 310 g/mol. The lowest BCUT2D eigenvalue weighted by Gasteiger charge is -2.25. The Hall–Kier alpha value is -0.540. The maximum Gasteiger partial charge on any atom is 0.0426 e. The minimum absolute atomic E-state index is 0.411. The van der Waals surface area contributed by atoms with Gasteiger partial charge in [0.15, 0.2) is 0 Å². The van der Waals surface area contributed by atoms with Crippen molar-refractivity contribution in [3.05, 3.63) is 28.2 Å². The zero-order valence-electron chi connectivity index (χ0n) is 11.5. The van der Waals surface area contributed by atoms with Crippen molar-refractivity contribution in [2.45, 2.75) is 33.2 Å². The van der Waals surface area contributed by atoms with Crippen LogP contribution in [0.4, 0.5) is 5.69 Å². The van der Waals surface area contributed by atoms with Crippen LogP contribution in [-0.2, 0) is 0 Å². The van der Waals surface area contributed by atoms with Crippen LogP contribution in [0.3, 0.4) is 0 Å². The number of nitrogens with zero attached hydrogens (tertiary/aromatic N) is 1. The quantitative estimate of drug-likeness (QED) is 0.905. The molecule has 1 N–H and O–H groups in total. The summed E-state index contributed by atoms with van der Waals surface area (Å²) in [5.74, 6) is 0.811. The molecule has 1 fully saturated rings. The number of rotatable bonds is 4. The van der Waals surface area contributed by atoms with Crippen molar-refractivity contribution >= 4 is 21.6 Å². The number of benzene rings is 1. The molecule has 2 nitrogen and oxygen atoms in total. The van der Waals surface area contributed by atoms with Crippen molar-refractivity contribution in [3.8, 4) is 0 Å². The average Bonchev–Trinajstić information content (AvgIpc) is 2.76. The first kappa shape index (κ1) is 13.9. The van der Waals surface area contributed by atoms with Crippen LogP contribution in [0, 0.1) is 5.92 Å². The summed E-state index contributed by atoms with van der Waals surface area (Å²) in [4.78, 5) is 2.53. The second kappa shape index (κ2) is 6.07. The highest BCUT2D eigenvalue weighted by molar-refractivity contribution is 9.10. The third-order valence-corrected chi connectivity index (χ3v) is 4.23. The number of hydrogen-bond acceptors (Lipinski definition) is 2. The first-order chi connectivity index (χ1) is 8.61. The normalized spacial score (nSPS) is 21.3. The molecule has 0 saturated carbocycles. The predicted octanol–water partition coefficient (Wildman–Crippen LogP) is 3.97. The molecule has 100 valence electrons. The van der Waals surface area contributed by atoms with E-state index in [1.165, 1.54) is 35.2 Å². The van der Waals surface area contributed by atoms with Crippen LogP contribution in [0.1, 0.15) is 38.8 Å². The fourth-order valence-corrected chi connectivity index (χ4v) is 3.08. The lowest BCUT2D eigenvalue weighted by atomic mass is 10.1. The lowest BCUT2D eigenvalue weighted by Crippen LogP contribution is -2.24. The molecular weight excluding hydrogens is 288 g/mol. The van der Waals surface area contributed by atoms with Gasteiger partial charge in [0, 0.05) is 29.3 Å². The maximum absolute atomic E-state index is 3.60. The van der Waals surface area contributed by atoms with Crippen molar-refractivity contribution in [1.29, 1.82) is 0 Å². The van der Waals surface area contributed by atoms with E-state index >= 15 is 0 Å². The first-order valence-corrected chi connectivity index (χ1v) is 7.69. The van der Waals surface area contributed by atoms with Gasteiger partial charge in [0.05, 0.1) is 0 Å². The third-order valence-electron chi connectivity index (χ3n) is 3.73. The Labute approximate surface area is 119 Å². The summed E-state index contributed by atoms with van der Waals surface area (Å²) in [6.45, 7) is 10.1. The Bertz CT molecular complexity index is 405. The van der Waals surface area contributed by atoms with Crippen LogP contribution in [0.25, 0.3) is 0 Å². The van der Waals surface area contributed by atoms with E-state index in [4.69, 9.17) is 0 Å². The molecule has 0 aliphatic carbocycles. The van der Waals surface area contributed by atoms with Gasteiger partial charge in [-0.3, -0.25) is 0 Å². The van der Waals surface area contributed by atoms with Crippen LogP contribution in [0.2, 0.25) is 0 Å². The van der Waals surface area contributed by atoms with Gasteiger partial charge in [-0.25, -0.2) is 0 Å². The van der Waals surface area contributed by atoms with Gasteiger partial charge in [-0.15, -0.1) is 0 Å². The molecule has 0 spiro atoms. The Morgan fingerprint density at radius 1 is 1.50 bits per heavy atom. The number of anilines is 1. The van der Waals surface area contributed by atoms with Crippen molar-refractivity contribution in [3.63, 3.8) is 0 Å². The Kier molecular flexibility index (Phi) is 4.68. The summed E-state index contributed by atoms with van der Waals surface area (Å²) < 4.78 is 1.17. The van der Waals surface area contributed by atoms with E-state index < -0.39 is 0 Å². The molecule has 2 atom stereocenters. The molecule has 1 aromatic rings. The molecule has 1 aliphatic rings. The molecule has 1 aliphatic heterocycles. The molecule has 18 heavy (non-hydrogen) atoms. The second-order valence-corrected chi connectivity index (χ2v) is 6.24. The van der Waals surface area contributed by atoms with Crippen molar-refractivity contribution < 1.29 is 0 Å². The molecule has 2 rings (SSSR count). The smallest absolute Gasteiger partial charge is 0.0426 e. The Morgan fingerprint density at radius 2 is 2.28 bits per heavy atom. The number of nitrogens with one attached hydrogen (secondary N) is 1. The van der Waals surface area contributed by atoms with E-state index in [1.807, 2.05) is 0 Å². The summed E-state index contributed by atoms with van der Waals surface area (Å²) in [5.41, 5.74) is 2.80. The predicted molar refractivity (Wildman–Crippen MR) is 82.2 cm³/mol. The summed E-state index contributed by atoms with van der Waals surface area (Å²) in [6.07, 6.45) is 1.31. The standard InChI is InChI=1S/C15H23BrN2/c1-4-17-12(3)14-6-5-13(16)9-15(14)18-8-7-11(2)10-18/h5-6,9,11-12,17H,4,7-8,10H2,1-3H3. The lowest BCUT2D eigenvalue weighted by molar-refractivity contribution is 0.596. The van der Waals surface area contributed by atoms with E-state index in [-0.39, 0.29) is 0 Å². The van der Waals surface area contributed by atoms with Gasteiger partial charge >= 0.3 is 0 Å². The van der Waals surface area contributed by atoms with Crippen LogP contribution in [-0.4, -0.2) is 19.6 Å². The zero-order valence-corrected chi connectivity index (χ0v) is 13.1. The Balaban J connectivity index is 2.28. The van der Waals surface area contributed by atoms with E-state index in [9.17, 15) is 0 Å². The van der Waals surface area contributed by atoms with Crippen molar-refractivity contribution in [2.24, 2.45) is 5.92 Å². The van der Waals surface area contributed by atoms with Gasteiger partial charge in [0.1, 0.15) is 0 Å². The molecule has 1 aromatic carbocycles. The topological polar surface area (TPSA) is 15.3 Å². The molecule has 3 heteroatoms. The molecule has 1 saturated heterocycles. The van der Waals surface area contributed by atoms with Crippen LogP contribution >= 0.6 is 15.9 Å². The summed E-state index contributed by atoms with van der Waals surface area (Å²) >= 11 is 3.60. The summed E-state index contributed by atoms with van der Waals surface area (Å²) in [6, 6.07) is 7.07. The van der Waals surface area contributed by atoms with Gasteiger partial charge in [0.25, 0.3) is 0 Å². The van der Waals surface area contributed by atoms with Gasteiger partial charge in [-0.05, 0) is 43.5 Å². The van der Waals surface area contributed by atoms with Crippen molar-refractivity contribution in [1.82, 2.24) is 5.32 Å². The zero-order chi connectivity index (χ0) is 13.1. The van der Waals surface area contributed by atoms with Crippen LogP contribution in [0.15, 0.2) is 22.7 Å². The maximum atomic E-state index is 3.60. The molecule has 0 bridgehead atoms. The molecule has 1 heterocycles. The first-order valence-electron chi connectivity index (χ1n) is 6.89. The van der Waals surface area contributed by atoms with E-state index in [1.54, 1.807) is 0 Å². The third kappa shape index (κ3) is 3.07. The molecule has 0 radical (unpaired) electrons. The molecule has 0 amide bonds. The Morgan fingerprint density at radius 3 is 2.89 bits per heavy atom. The highest BCUT2D eigenvalue weighted by Gasteiger charge is 2.22. The van der Waals surface area contributed by atoms with Gasteiger partial charge in [0.2, 0.25) is 0 Å². The van der Waals surface area contributed by atoms with Gasteiger partial charge in [-0.1, -0.05) is 35.8 Å². The van der Waals surface area contributed by atoms with E-state index in [0.717, 1.165) is 12.5 Å². The summed E-state index contributed by atoms with van der Waals surface area (Å²) in [5, 5.41) is 3.51.